The van der Waals surface area contributed by atoms with Crippen molar-refractivity contribution in [3.8, 4) is 33.4 Å². The number of hydrogen-bond acceptors (Lipinski definition) is 8. The Hall–Kier alpha value is -3.11. The molecule has 1 aliphatic heterocycles. The second-order valence-corrected chi connectivity index (χ2v) is 11.7. The van der Waals surface area contributed by atoms with E-state index in [4.69, 9.17) is 18.9 Å². The molecule has 0 spiro atoms. The Morgan fingerprint density at radius 2 is 1.60 bits per heavy atom. The number of methoxy groups -OCH3 is 2. The number of ether oxygens (including phenoxy) is 4. The summed E-state index contributed by atoms with van der Waals surface area (Å²) in [4.78, 5) is 17.1. The predicted octanol–water partition coefficient (Wildman–Crippen LogP) is 6.69. The number of nitrogens with zero attached hydrogens (tertiary/aromatic N) is 2. The molecule has 1 aromatic heterocycles. The van der Waals surface area contributed by atoms with Gasteiger partial charge in [-0.25, -0.2) is 0 Å². The predicted molar refractivity (Wildman–Crippen MR) is 163 cm³/mol. The number of fused-ring (bicyclic) bond motifs is 1. The molecule has 0 saturated carbocycles. The van der Waals surface area contributed by atoms with E-state index in [2.05, 4.69) is 50.9 Å². The number of halogens is 1. The lowest BCUT2D eigenvalue weighted by molar-refractivity contribution is -0.142. The van der Waals surface area contributed by atoms with Crippen molar-refractivity contribution in [2.45, 2.75) is 13.0 Å². The molecule has 40 heavy (non-hydrogen) atoms. The Kier molecular flexibility index (Phi) is 9.26. The van der Waals surface area contributed by atoms with E-state index in [0.717, 1.165) is 74.2 Å². The number of benzene rings is 3. The molecule has 4 aromatic rings. The smallest absolute Gasteiger partial charge is 0.319 e. The molecular weight excluding hydrogens is 592 g/mol. The van der Waals surface area contributed by atoms with Crippen LogP contribution in [0, 0.1) is 0 Å². The maximum Gasteiger partial charge on any atom is 0.319 e. The van der Waals surface area contributed by atoms with E-state index in [9.17, 15) is 4.79 Å². The van der Waals surface area contributed by atoms with E-state index in [1.54, 1.807) is 18.4 Å². The number of piperazine rings is 1. The third-order valence-corrected chi connectivity index (χ3v) is 8.82. The van der Waals surface area contributed by atoms with Gasteiger partial charge in [-0.15, -0.1) is 11.3 Å². The lowest BCUT2D eigenvalue weighted by Gasteiger charge is -2.37. The number of hydrogen-bond donors (Lipinski definition) is 0. The third kappa shape index (κ3) is 6.78. The van der Waals surface area contributed by atoms with Gasteiger partial charge in [0.2, 0.25) is 0 Å². The highest BCUT2D eigenvalue weighted by Gasteiger charge is 2.23. The first-order valence-corrected chi connectivity index (χ1v) is 14.8. The molecule has 5 rings (SSSR count). The van der Waals surface area contributed by atoms with Crippen molar-refractivity contribution in [1.29, 1.82) is 0 Å². The third-order valence-electron chi connectivity index (χ3n) is 7.10. The number of carbonyl (C=O) groups is 1. The van der Waals surface area contributed by atoms with Gasteiger partial charge >= 0.3 is 5.97 Å². The summed E-state index contributed by atoms with van der Waals surface area (Å²) in [5.74, 6) is 3.02. The van der Waals surface area contributed by atoms with Gasteiger partial charge in [-0.05, 0) is 67.1 Å². The highest BCUT2D eigenvalue weighted by molar-refractivity contribution is 9.10. The summed E-state index contributed by atoms with van der Waals surface area (Å²) in [7, 11) is 3.11. The van der Waals surface area contributed by atoms with Crippen LogP contribution in [0.1, 0.15) is 6.92 Å². The van der Waals surface area contributed by atoms with Gasteiger partial charge in [-0.3, -0.25) is 14.6 Å². The first-order chi connectivity index (χ1) is 19.4. The minimum absolute atomic E-state index is 0.186. The largest absolute Gasteiger partial charge is 0.497 e. The molecule has 2 heterocycles. The molecular formula is C31H33BrN2O5S. The molecule has 1 aliphatic rings. The fourth-order valence-electron chi connectivity index (χ4n) is 4.73. The van der Waals surface area contributed by atoms with Crippen LogP contribution in [0.3, 0.4) is 0 Å². The summed E-state index contributed by atoms with van der Waals surface area (Å²) in [6.45, 7) is 6.60. The van der Waals surface area contributed by atoms with E-state index >= 15 is 0 Å². The van der Waals surface area contributed by atoms with E-state index in [-0.39, 0.29) is 12.0 Å². The van der Waals surface area contributed by atoms with E-state index < -0.39 is 0 Å². The monoisotopic (exact) mass is 624 g/mol. The van der Waals surface area contributed by atoms with Crippen LogP contribution in [0.25, 0.3) is 20.5 Å². The highest BCUT2D eigenvalue weighted by Crippen LogP contribution is 2.47. The summed E-state index contributed by atoms with van der Waals surface area (Å²) in [6.07, 6.45) is 0. The van der Waals surface area contributed by atoms with Gasteiger partial charge in [0.25, 0.3) is 0 Å². The van der Waals surface area contributed by atoms with Crippen LogP contribution in [0.15, 0.2) is 71.2 Å². The Labute approximate surface area is 247 Å². The van der Waals surface area contributed by atoms with Crippen LogP contribution < -0.4 is 14.2 Å². The van der Waals surface area contributed by atoms with Crippen molar-refractivity contribution in [3.63, 3.8) is 0 Å². The summed E-state index contributed by atoms with van der Waals surface area (Å²) >= 11 is 5.22. The van der Waals surface area contributed by atoms with Crippen LogP contribution >= 0.6 is 27.3 Å². The van der Waals surface area contributed by atoms with Gasteiger partial charge in [-0.2, -0.15) is 0 Å². The normalized spacial score (nSPS) is 15.1. The van der Waals surface area contributed by atoms with Crippen molar-refractivity contribution in [3.05, 3.63) is 71.2 Å². The average molecular weight is 626 g/mol. The fourth-order valence-corrected chi connectivity index (χ4v) is 6.15. The van der Waals surface area contributed by atoms with Crippen LogP contribution in [-0.2, 0) is 9.53 Å². The maximum absolute atomic E-state index is 11.5. The molecule has 3 aromatic carbocycles. The van der Waals surface area contributed by atoms with Crippen molar-refractivity contribution in [2.24, 2.45) is 0 Å². The highest BCUT2D eigenvalue weighted by atomic mass is 79.9. The summed E-state index contributed by atoms with van der Waals surface area (Å²) in [5.41, 5.74) is 1.10. The zero-order chi connectivity index (χ0) is 28.1. The summed E-state index contributed by atoms with van der Waals surface area (Å²) < 4.78 is 25.0. The number of carbonyl (C=O) groups excluding carboxylic acids is 1. The Balaban J connectivity index is 1.23. The van der Waals surface area contributed by atoms with Gasteiger partial charge < -0.3 is 18.9 Å². The zero-order valence-electron chi connectivity index (χ0n) is 22.9. The molecule has 7 nitrogen and oxygen atoms in total. The van der Waals surface area contributed by atoms with E-state index in [0.29, 0.717) is 13.2 Å². The first kappa shape index (κ1) is 28.4. The molecule has 0 radical (unpaired) electrons. The van der Waals surface area contributed by atoms with Crippen molar-refractivity contribution >= 4 is 43.3 Å². The second-order valence-electron chi connectivity index (χ2n) is 9.75. The molecule has 0 N–H and O–H groups in total. The van der Waals surface area contributed by atoms with E-state index in [1.165, 1.54) is 7.11 Å². The average Bonchev–Trinajstić information content (AvgIpc) is 3.34. The molecule has 210 valence electrons. The number of thiophene rings is 1. The lowest BCUT2D eigenvalue weighted by Crippen LogP contribution is -2.52. The minimum Gasteiger partial charge on any atom is -0.497 e. The van der Waals surface area contributed by atoms with Crippen LogP contribution in [0.5, 0.6) is 23.0 Å². The Morgan fingerprint density at radius 3 is 2.27 bits per heavy atom. The van der Waals surface area contributed by atoms with E-state index in [1.807, 2.05) is 48.5 Å². The maximum atomic E-state index is 11.5. The summed E-state index contributed by atoms with van der Waals surface area (Å²) in [6, 6.07) is 22.4. The van der Waals surface area contributed by atoms with Crippen molar-refractivity contribution in [1.82, 2.24) is 9.80 Å². The molecule has 1 unspecified atom stereocenters. The van der Waals surface area contributed by atoms with Crippen LogP contribution in [0.2, 0.25) is 0 Å². The lowest BCUT2D eigenvalue weighted by atomic mass is 10.1. The number of rotatable bonds is 10. The van der Waals surface area contributed by atoms with Gasteiger partial charge in [0, 0.05) is 46.8 Å². The second kappa shape index (κ2) is 13.0. The number of esters is 1. The molecule has 1 atom stereocenters. The van der Waals surface area contributed by atoms with Crippen LogP contribution in [0.4, 0.5) is 0 Å². The zero-order valence-corrected chi connectivity index (χ0v) is 25.3. The molecule has 0 amide bonds. The van der Waals surface area contributed by atoms with Crippen molar-refractivity contribution in [2.75, 3.05) is 53.6 Å². The first-order valence-electron chi connectivity index (χ1n) is 13.2. The molecule has 1 saturated heterocycles. The summed E-state index contributed by atoms with van der Waals surface area (Å²) in [5, 5.41) is 1.05. The standard InChI is InChI=1S/C31H33BrN2O5S/c1-21(34-16-14-33(15-17-34)19-29(35)37-3)20-38-24-8-10-25(11-9-24)39-30-27-13-12-26(36-2)18-28(27)40-31(30)22-4-6-23(32)7-5-22/h4-13,18,21H,14-17,19-20H2,1-3H3. The minimum atomic E-state index is -0.186. The molecule has 0 aliphatic carbocycles. The van der Waals surface area contributed by atoms with Crippen LogP contribution in [-0.4, -0.2) is 75.4 Å². The molecule has 9 heteroatoms. The van der Waals surface area contributed by atoms with Crippen molar-refractivity contribution < 1.29 is 23.7 Å². The SMILES string of the molecule is COC(=O)CN1CCN(C(C)COc2ccc(Oc3c(-c4ccc(Br)cc4)sc4cc(OC)ccc34)cc2)CC1. The topological polar surface area (TPSA) is 60.5 Å². The fraction of sp³-hybridized carbons (Fsp3) is 0.323. The van der Waals surface area contributed by atoms with Gasteiger partial charge in [-0.1, -0.05) is 28.1 Å². The van der Waals surface area contributed by atoms with Gasteiger partial charge in [0.05, 0.1) is 25.6 Å². The molecule has 0 bridgehead atoms. The van der Waals surface area contributed by atoms with Gasteiger partial charge in [0.15, 0.2) is 5.75 Å². The van der Waals surface area contributed by atoms with Gasteiger partial charge in [0.1, 0.15) is 23.9 Å². The Morgan fingerprint density at radius 1 is 0.925 bits per heavy atom. The molecule has 1 fully saturated rings. The Bertz CT molecular complexity index is 1430. The quantitative estimate of drug-likeness (QED) is 0.182.